The van der Waals surface area contributed by atoms with Crippen LogP contribution in [0.2, 0.25) is 0 Å². The molecule has 1 aromatic rings. The van der Waals surface area contributed by atoms with Gasteiger partial charge >= 0.3 is 0 Å². The van der Waals surface area contributed by atoms with Crippen molar-refractivity contribution in [2.75, 3.05) is 0 Å². The summed E-state index contributed by atoms with van der Waals surface area (Å²) >= 11 is 0. The number of halogens is 2. The van der Waals surface area contributed by atoms with E-state index in [0.717, 1.165) is 24.8 Å². The molecule has 2 atom stereocenters. The molecule has 5 heteroatoms. The van der Waals surface area contributed by atoms with Gasteiger partial charge in [0.25, 0.3) is 0 Å². The molecule has 0 bridgehead atoms. The van der Waals surface area contributed by atoms with Crippen LogP contribution in [-0.4, -0.2) is 11.9 Å². The molecule has 0 saturated heterocycles. The standard InChI is InChI=1S/C15H21FN2O.ClH/c1-10-7-11(5-6-13(10)16)9-18-15(19)8-12-3-2-4-14(12)17;/h5-7,12,14H,2-4,8-9,17H2,1H3,(H,18,19);1H/t12-,14+;/m0./s1. The molecule has 112 valence electrons. The Kier molecular flexibility index (Phi) is 6.43. The van der Waals surface area contributed by atoms with Gasteiger partial charge in [0.2, 0.25) is 5.91 Å². The average molecular weight is 301 g/mol. The minimum absolute atomic E-state index is 0. The monoisotopic (exact) mass is 300 g/mol. The molecule has 1 fully saturated rings. The highest BCUT2D eigenvalue weighted by atomic mass is 35.5. The van der Waals surface area contributed by atoms with Crippen molar-refractivity contribution in [2.24, 2.45) is 11.7 Å². The largest absolute Gasteiger partial charge is 0.352 e. The zero-order valence-electron chi connectivity index (χ0n) is 11.7. The Morgan fingerprint density at radius 2 is 2.20 bits per heavy atom. The minimum Gasteiger partial charge on any atom is -0.352 e. The summed E-state index contributed by atoms with van der Waals surface area (Å²) in [7, 11) is 0. The summed E-state index contributed by atoms with van der Waals surface area (Å²) in [4.78, 5) is 11.8. The van der Waals surface area contributed by atoms with E-state index in [0.29, 0.717) is 24.4 Å². The van der Waals surface area contributed by atoms with Crippen molar-refractivity contribution >= 4 is 18.3 Å². The normalized spacial score (nSPS) is 21.4. The van der Waals surface area contributed by atoms with Gasteiger partial charge in [0.15, 0.2) is 0 Å². The Balaban J connectivity index is 0.00000200. The predicted molar refractivity (Wildman–Crippen MR) is 80.2 cm³/mol. The topological polar surface area (TPSA) is 55.1 Å². The Morgan fingerprint density at radius 1 is 1.45 bits per heavy atom. The number of rotatable bonds is 4. The van der Waals surface area contributed by atoms with E-state index >= 15 is 0 Å². The third kappa shape index (κ3) is 4.46. The lowest BCUT2D eigenvalue weighted by molar-refractivity contribution is -0.122. The molecule has 0 unspecified atom stereocenters. The summed E-state index contributed by atoms with van der Waals surface area (Å²) in [6, 6.07) is 5.06. The maximum absolute atomic E-state index is 13.1. The smallest absolute Gasteiger partial charge is 0.220 e. The summed E-state index contributed by atoms with van der Waals surface area (Å²) in [5.41, 5.74) is 7.47. The lowest BCUT2D eigenvalue weighted by atomic mass is 10.00. The van der Waals surface area contributed by atoms with Gasteiger partial charge in [0.05, 0.1) is 0 Å². The second kappa shape index (κ2) is 7.60. The zero-order valence-corrected chi connectivity index (χ0v) is 12.5. The Morgan fingerprint density at radius 3 is 2.80 bits per heavy atom. The van der Waals surface area contributed by atoms with E-state index in [2.05, 4.69) is 5.32 Å². The molecule has 1 aliphatic carbocycles. The van der Waals surface area contributed by atoms with Crippen LogP contribution in [0.4, 0.5) is 4.39 Å². The van der Waals surface area contributed by atoms with E-state index in [9.17, 15) is 9.18 Å². The lowest BCUT2D eigenvalue weighted by Gasteiger charge is -2.14. The lowest BCUT2D eigenvalue weighted by Crippen LogP contribution is -2.31. The fourth-order valence-corrected chi connectivity index (χ4v) is 2.65. The Hall–Kier alpha value is -1.13. The van der Waals surface area contributed by atoms with E-state index in [-0.39, 0.29) is 30.2 Å². The molecular formula is C15H22ClFN2O. The highest BCUT2D eigenvalue weighted by Crippen LogP contribution is 2.26. The number of carbonyl (C=O) groups is 1. The first kappa shape index (κ1) is 16.9. The van der Waals surface area contributed by atoms with Crippen LogP contribution < -0.4 is 11.1 Å². The molecule has 3 nitrogen and oxygen atoms in total. The van der Waals surface area contributed by atoms with Crippen LogP contribution in [0.15, 0.2) is 18.2 Å². The maximum atomic E-state index is 13.1. The van der Waals surface area contributed by atoms with Crippen LogP contribution in [0.5, 0.6) is 0 Å². The van der Waals surface area contributed by atoms with Crippen molar-refractivity contribution in [3.8, 4) is 0 Å². The van der Waals surface area contributed by atoms with E-state index in [1.165, 1.54) is 6.07 Å². The van der Waals surface area contributed by atoms with Gasteiger partial charge in [-0.3, -0.25) is 4.79 Å². The van der Waals surface area contributed by atoms with Gasteiger partial charge in [0.1, 0.15) is 5.82 Å². The number of nitrogens with one attached hydrogen (secondary N) is 1. The molecule has 0 aromatic heterocycles. The van der Waals surface area contributed by atoms with Gasteiger partial charge < -0.3 is 11.1 Å². The molecular weight excluding hydrogens is 279 g/mol. The first-order valence-electron chi connectivity index (χ1n) is 6.83. The van der Waals surface area contributed by atoms with Crippen molar-refractivity contribution in [1.82, 2.24) is 5.32 Å². The molecule has 1 aromatic carbocycles. The molecule has 0 heterocycles. The molecule has 1 saturated carbocycles. The zero-order chi connectivity index (χ0) is 13.8. The van der Waals surface area contributed by atoms with Crippen molar-refractivity contribution in [3.63, 3.8) is 0 Å². The molecule has 20 heavy (non-hydrogen) atoms. The molecule has 1 aliphatic rings. The number of benzene rings is 1. The maximum Gasteiger partial charge on any atom is 0.220 e. The Labute approximate surface area is 125 Å². The third-order valence-corrected chi connectivity index (χ3v) is 3.88. The SMILES string of the molecule is Cc1cc(CNC(=O)C[C@@H]2CCC[C@H]2N)ccc1F.Cl. The van der Waals surface area contributed by atoms with Gasteiger partial charge in [-0.1, -0.05) is 18.6 Å². The van der Waals surface area contributed by atoms with Crippen LogP contribution in [0.25, 0.3) is 0 Å². The molecule has 2 rings (SSSR count). The fraction of sp³-hybridized carbons (Fsp3) is 0.533. The van der Waals surface area contributed by atoms with E-state index in [4.69, 9.17) is 5.73 Å². The highest BCUT2D eigenvalue weighted by Gasteiger charge is 2.25. The second-order valence-corrected chi connectivity index (χ2v) is 5.42. The van der Waals surface area contributed by atoms with E-state index < -0.39 is 0 Å². The quantitative estimate of drug-likeness (QED) is 0.898. The number of carbonyl (C=O) groups excluding carboxylic acids is 1. The first-order valence-corrected chi connectivity index (χ1v) is 6.83. The molecule has 0 aliphatic heterocycles. The fourth-order valence-electron chi connectivity index (χ4n) is 2.65. The van der Waals surface area contributed by atoms with E-state index in [1.54, 1.807) is 19.1 Å². The summed E-state index contributed by atoms with van der Waals surface area (Å²) in [6.07, 6.45) is 3.69. The second-order valence-electron chi connectivity index (χ2n) is 5.42. The average Bonchev–Trinajstić information content (AvgIpc) is 2.77. The minimum atomic E-state index is -0.216. The van der Waals surface area contributed by atoms with Crippen LogP contribution in [0, 0.1) is 18.7 Å². The van der Waals surface area contributed by atoms with Crippen LogP contribution >= 0.6 is 12.4 Å². The van der Waals surface area contributed by atoms with Gasteiger partial charge in [-0.15, -0.1) is 12.4 Å². The summed E-state index contributed by atoms with van der Waals surface area (Å²) in [6.45, 7) is 2.17. The molecule has 0 spiro atoms. The van der Waals surface area contributed by atoms with E-state index in [1.807, 2.05) is 0 Å². The van der Waals surface area contributed by atoms with Gasteiger partial charge in [-0.05, 0) is 42.9 Å². The number of nitrogens with two attached hydrogens (primary N) is 1. The summed E-state index contributed by atoms with van der Waals surface area (Å²) in [5.74, 6) is 0.131. The number of hydrogen-bond acceptors (Lipinski definition) is 2. The molecule has 1 amide bonds. The predicted octanol–water partition coefficient (Wildman–Crippen LogP) is 2.69. The first-order chi connectivity index (χ1) is 9.06. The highest BCUT2D eigenvalue weighted by molar-refractivity contribution is 5.85. The Bertz CT molecular complexity index is 467. The number of aryl methyl sites for hydroxylation is 1. The van der Waals surface area contributed by atoms with Gasteiger partial charge in [0, 0.05) is 19.0 Å². The number of hydrogen-bond donors (Lipinski definition) is 2. The third-order valence-electron chi connectivity index (χ3n) is 3.88. The molecule has 3 N–H and O–H groups in total. The van der Waals surface area contributed by atoms with Crippen LogP contribution in [0.1, 0.15) is 36.8 Å². The van der Waals surface area contributed by atoms with Gasteiger partial charge in [-0.25, -0.2) is 4.39 Å². The summed E-state index contributed by atoms with van der Waals surface area (Å²) in [5, 5.41) is 2.88. The van der Waals surface area contributed by atoms with Crippen LogP contribution in [-0.2, 0) is 11.3 Å². The van der Waals surface area contributed by atoms with Crippen molar-refractivity contribution in [1.29, 1.82) is 0 Å². The van der Waals surface area contributed by atoms with Crippen molar-refractivity contribution in [3.05, 3.63) is 35.1 Å². The van der Waals surface area contributed by atoms with Crippen molar-refractivity contribution < 1.29 is 9.18 Å². The molecule has 0 radical (unpaired) electrons. The van der Waals surface area contributed by atoms with Gasteiger partial charge in [-0.2, -0.15) is 0 Å². The van der Waals surface area contributed by atoms with Crippen molar-refractivity contribution in [2.45, 2.75) is 45.2 Å². The number of amides is 1. The summed E-state index contributed by atoms with van der Waals surface area (Å²) < 4.78 is 13.1. The van der Waals surface area contributed by atoms with Crippen LogP contribution in [0.3, 0.4) is 0 Å².